The van der Waals surface area contributed by atoms with Crippen LogP contribution in [0.2, 0.25) is 15.1 Å². The summed E-state index contributed by atoms with van der Waals surface area (Å²) in [6.07, 6.45) is -4.31. The fraction of sp³-hybridized carbons (Fsp3) is 0.500. The highest BCUT2D eigenvalue weighted by atomic mass is 35.5. The molecule has 1 aromatic carbocycles. The molecule has 0 spiro atoms. The highest BCUT2D eigenvalue weighted by Gasteiger charge is 2.27. The van der Waals surface area contributed by atoms with Crippen LogP contribution in [0, 0.1) is 0 Å². The van der Waals surface area contributed by atoms with Gasteiger partial charge in [-0.15, -0.1) is 0 Å². The molecule has 1 unspecified atom stereocenters. The summed E-state index contributed by atoms with van der Waals surface area (Å²) in [7, 11) is 0. The molecule has 2 nitrogen and oxygen atoms in total. The number of hydrogen-bond donors (Lipinski definition) is 1. The van der Waals surface area contributed by atoms with Crippen molar-refractivity contribution in [1.29, 1.82) is 0 Å². The van der Waals surface area contributed by atoms with Crippen LogP contribution in [0.4, 0.5) is 13.2 Å². The van der Waals surface area contributed by atoms with Gasteiger partial charge in [0.25, 0.3) is 0 Å². The van der Waals surface area contributed by atoms with Crippen LogP contribution < -0.4 is 5.32 Å². The van der Waals surface area contributed by atoms with Crippen molar-refractivity contribution in [2.45, 2.75) is 19.1 Å². The van der Waals surface area contributed by atoms with Gasteiger partial charge >= 0.3 is 6.18 Å². The monoisotopic (exact) mass is 349 g/mol. The summed E-state index contributed by atoms with van der Waals surface area (Å²) in [6.45, 7) is 0.766. The third kappa shape index (κ3) is 5.66. The van der Waals surface area contributed by atoms with Crippen LogP contribution in [-0.4, -0.2) is 25.9 Å². The highest BCUT2D eigenvalue weighted by Crippen LogP contribution is 2.35. The predicted octanol–water partition coefficient (Wildman–Crippen LogP) is 4.88. The molecule has 1 aromatic rings. The van der Waals surface area contributed by atoms with Crippen LogP contribution in [0.15, 0.2) is 12.1 Å². The first-order valence-corrected chi connectivity index (χ1v) is 6.87. The summed E-state index contributed by atoms with van der Waals surface area (Å²) < 4.78 is 40.0. The van der Waals surface area contributed by atoms with Crippen LogP contribution in [0.1, 0.15) is 18.5 Å². The van der Waals surface area contributed by atoms with Gasteiger partial charge in [0, 0.05) is 12.6 Å². The molecule has 0 saturated heterocycles. The lowest BCUT2D eigenvalue weighted by Crippen LogP contribution is -2.26. The fourth-order valence-corrected chi connectivity index (χ4v) is 2.23. The molecule has 0 heterocycles. The lowest BCUT2D eigenvalue weighted by Gasteiger charge is -2.17. The zero-order valence-electron chi connectivity index (χ0n) is 10.5. The Morgan fingerprint density at radius 2 is 1.85 bits per heavy atom. The minimum absolute atomic E-state index is 0.0528. The third-order valence-electron chi connectivity index (χ3n) is 2.49. The molecule has 1 rings (SSSR count). The SMILES string of the molecule is CC(NCCOCC(F)(F)F)c1ccc(Cl)c(Cl)c1Cl. The summed E-state index contributed by atoms with van der Waals surface area (Å²) >= 11 is 17.8. The maximum atomic E-state index is 11.9. The van der Waals surface area contributed by atoms with E-state index < -0.39 is 12.8 Å². The van der Waals surface area contributed by atoms with E-state index in [4.69, 9.17) is 34.8 Å². The molecule has 0 saturated carbocycles. The molecule has 20 heavy (non-hydrogen) atoms. The first-order valence-electron chi connectivity index (χ1n) is 5.73. The van der Waals surface area contributed by atoms with Gasteiger partial charge in [-0.2, -0.15) is 13.2 Å². The second kappa shape index (κ2) is 7.71. The smallest absolute Gasteiger partial charge is 0.371 e. The van der Waals surface area contributed by atoms with Gasteiger partial charge in [-0.25, -0.2) is 0 Å². The average Bonchev–Trinajstić information content (AvgIpc) is 2.34. The minimum Gasteiger partial charge on any atom is -0.371 e. The quantitative estimate of drug-likeness (QED) is 0.583. The fourth-order valence-electron chi connectivity index (χ4n) is 1.52. The number of rotatable bonds is 6. The van der Waals surface area contributed by atoms with Gasteiger partial charge in [-0.3, -0.25) is 0 Å². The van der Waals surface area contributed by atoms with E-state index >= 15 is 0 Å². The van der Waals surface area contributed by atoms with E-state index in [1.807, 2.05) is 6.92 Å². The third-order valence-corrected chi connectivity index (χ3v) is 3.80. The standard InChI is InChI=1S/C12H13Cl3F3NO/c1-7(19-4-5-20-6-12(16,17)18)8-2-3-9(13)11(15)10(8)14/h2-3,7,19H,4-6H2,1H3. The Hall–Kier alpha value is -0.200. The zero-order valence-corrected chi connectivity index (χ0v) is 12.8. The lowest BCUT2D eigenvalue weighted by atomic mass is 10.1. The van der Waals surface area contributed by atoms with Crippen LogP contribution in [0.25, 0.3) is 0 Å². The molecular formula is C12H13Cl3F3NO. The Balaban J connectivity index is 2.44. The summed E-state index contributed by atoms with van der Waals surface area (Å²) in [5.41, 5.74) is 0.719. The number of alkyl halides is 3. The summed E-state index contributed by atoms with van der Waals surface area (Å²) in [5.74, 6) is 0. The van der Waals surface area contributed by atoms with Gasteiger partial charge in [0.1, 0.15) is 6.61 Å². The first kappa shape index (κ1) is 17.9. The van der Waals surface area contributed by atoms with Crippen LogP contribution >= 0.6 is 34.8 Å². The van der Waals surface area contributed by atoms with E-state index in [1.54, 1.807) is 12.1 Å². The predicted molar refractivity (Wildman–Crippen MR) is 74.8 cm³/mol. The molecule has 0 aromatic heterocycles. The number of ether oxygens (including phenoxy) is 1. The van der Waals surface area contributed by atoms with Crippen molar-refractivity contribution in [2.75, 3.05) is 19.8 Å². The normalized spacial score (nSPS) is 13.6. The average molecular weight is 351 g/mol. The molecule has 0 aliphatic heterocycles. The van der Waals surface area contributed by atoms with Crippen molar-refractivity contribution in [3.05, 3.63) is 32.8 Å². The molecular weight excluding hydrogens is 337 g/mol. The molecule has 0 aliphatic rings. The second-order valence-electron chi connectivity index (χ2n) is 4.11. The number of benzene rings is 1. The van der Waals surface area contributed by atoms with Crippen molar-refractivity contribution in [2.24, 2.45) is 0 Å². The molecule has 0 radical (unpaired) electrons. The van der Waals surface area contributed by atoms with E-state index in [-0.39, 0.29) is 24.2 Å². The van der Waals surface area contributed by atoms with E-state index in [0.29, 0.717) is 10.0 Å². The van der Waals surface area contributed by atoms with Crippen LogP contribution in [0.3, 0.4) is 0 Å². The molecule has 114 valence electrons. The molecule has 0 bridgehead atoms. The maximum Gasteiger partial charge on any atom is 0.411 e. The highest BCUT2D eigenvalue weighted by molar-refractivity contribution is 6.48. The molecule has 1 N–H and O–H groups in total. The first-order chi connectivity index (χ1) is 9.22. The molecule has 0 fully saturated rings. The Kier molecular flexibility index (Phi) is 6.88. The van der Waals surface area contributed by atoms with Gasteiger partial charge in [0.2, 0.25) is 0 Å². The number of nitrogens with one attached hydrogen (secondary N) is 1. The van der Waals surface area contributed by atoms with Crippen molar-refractivity contribution < 1.29 is 17.9 Å². The summed E-state index contributed by atoms with van der Waals surface area (Å²) in [4.78, 5) is 0. The van der Waals surface area contributed by atoms with Gasteiger partial charge in [-0.05, 0) is 18.6 Å². The summed E-state index contributed by atoms with van der Waals surface area (Å²) in [5, 5.41) is 3.93. The Labute approximate surface area is 130 Å². The van der Waals surface area contributed by atoms with Crippen LogP contribution in [-0.2, 0) is 4.74 Å². The van der Waals surface area contributed by atoms with Crippen molar-refractivity contribution >= 4 is 34.8 Å². The molecule has 8 heteroatoms. The van der Waals surface area contributed by atoms with E-state index in [9.17, 15) is 13.2 Å². The van der Waals surface area contributed by atoms with Gasteiger partial charge in [0.15, 0.2) is 0 Å². The lowest BCUT2D eigenvalue weighted by molar-refractivity contribution is -0.173. The summed E-state index contributed by atoms with van der Waals surface area (Å²) in [6, 6.07) is 3.14. The Morgan fingerprint density at radius 1 is 1.20 bits per heavy atom. The largest absolute Gasteiger partial charge is 0.411 e. The van der Waals surface area contributed by atoms with Crippen LogP contribution in [0.5, 0.6) is 0 Å². The van der Waals surface area contributed by atoms with E-state index in [2.05, 4.69) is 10.1 Å². The second-order valence-corrected chi connectivity index (χ2v) is 5.27. The molecule has 0 aliphatic carbocycles. The van der Waals surface area contributed by atoms with Gasteiger partial charge in [-0.1, -0.05) is 40.9 Å². The number of hydrogen-bond acceptors (Lipinski definition) is 2. The minimum atomic E-state index is -4.31. The Morgan fingerprint density at radius 3 is 2.45 bits per heavy atom. The van der Waals surface area contributed by atoms with Crippen molar-refractivity contribution in [3.8, 4) is 0 Å². The number of halogens is 6. The maximum absolute atomic E-state index is 11.9. The molecule has 1 atom stereocenters. The van der Waals surface area contributed by atoms with Gasteiger partial charge < -0.3 is 10.1 Å². The van der Waals surface area contributed by atoms with Crippen molar-refractivity contribution in [1.82, 2.24) is 5.32 Å². The molecule has 0 amide bonds. The zero-order chi connectivity index (χ0) is 15.3. The van der Waals surface area contributed by atoms with Crippen molar-refractivity contribution in [3.63, 3.8) is 0 Å². The Bertz CT molecular complexity index is 454. The van der Waals surface area contributed by atoms with E-state index in [1.165, 1.54) is 0 Å². The van der Waals surface area contributed by atoms with E-state index in [0.717, 1.165) is 5.56 Å². The topological polar surface area (TPSA) is 21.3 Å². The van der Waals surface area contributed by atoms with Gasteiger partial charge in [0.05, 0.1) is 21.7 Å².